The molecule has 0 radical (unpaired) electrons. The van der Waals surface area contributed by atoms with Crippen molar-refractivity contribution in [2.75, 3.05) is 18.1 Å². The van der Waals surface area contributed by atoms with Crippen LogP contribution in [0, 0.1) is 23.7 Å². The Hall–Kier alpha value is -6.26. The molecule has 1 aromatic carbocycles. The normalized spacial score (nSPS) is 23.0. The minimum absolute atomic E-state index is 0.0673. The summed E-state index contributed by atoms with van der Waals surface area (Å²) in [4.78, 5) is 148. The summed E-state index contributed by atoms with van der Waals surface area (Å²) in [5, 5.41) is 20.1. The van der Waals surface area contributed by atoms with Gasteiger partial charge in [0.1, 0.15) is 11.8 Å². The van der Waals surface area contributed by atoms with Crippen molar-refractivity contribution in [3.05, 3.63) is 29.8 Å². The Morgan fingerprint density at radius 2 is 1.41 bits per heavy atom. The third kappa shape index (κ3) is 19.3. The van der Waals surface area contributed by atoms with Gasteiger partial charge in [-0.05, 0) is 61.6 Å². The second-order valence-electron chi connectivity index (χ2n) is 18.4. The smallest absolute Gasteiger partial charge is 0.245 e. The zero-order valence-corrected chi connectivity index (χ0v) is 40.5. The van der Waals surface area contributed by atoms with Crippen molar-refractivity contribution < 1.29 is 66.3 Å². The van der Waals surface area contributed by atoms with E-state index in [4.69, 9.17) is 17.2 Å². The number of nitrogens with zero attached hydrogens (tertiary/aromatic N) is 1. The number of nitrogens with one attached hydrogen (secondary N) is 4. The van der Waals surface area contributed by atoms with Gasteiger partial charge in [0.15, 0.2) is 27.2 Å². The highest BCUT2D eigenvalue weighted by atomic mass is 32.2. The number of hydrogen-bond donors (Lipinski definition) is 8. The number of phenols is 1. The molecule has 0 bridgehead atoms. The van der Waals surface area contributed by atoms with Crippen LogP contribution < -0.4 is 38.5 Å². The number of nitrogens with two attached hydrogens (primary N) is 3. The Morgan fingerprint density at radius 3 is 1.97 bits per heavy atom. The van der Waals surface area contributed by atoms with Gasteiger partial charge >= 0.3 is 0 Å². The van der Waals surface area contributed by atoms with E-state index in [1.165, 1.54) is 24.3 Å². The topological polar surface area (TPSA) is 372 Å². The minimum Gasteiger partial charge on any atom is -0.508 e. The fraction of sp³-hybridized carbons (Fsp3) is 0.630. The molecule has 1 heterocycles. The summed E-state index contributed by atoms with van der Waals surface area (Å²) in [7, 11) is -4.24. The van der Waals surface area contributed by atoms with Crippen molar-refractivity contribution in [1.29, 1.82) is 0 Å². The van der Waals surface area contributed by atoms with E-state index in [0.717, 1.165) is 4.90 Å². The number of phenolic OH excluding ortho intramolecular Hbond substituents is 1. The van der Waals surface area contributed by atoms with Crippen molar-refractivity contribution in [3.63, 3.8) is 0 Å². The Kier molecular flexibility index (Phi) is 21.9. The van der Waals surface area contributed by atoms with Gasteiger partial charge in [-0.25, -0.2) is 8.42 Å². The van der Waals surface area contributed by atoms with Gasteiger partial charge in [0, 0.05) is 56.9 Å². The van der Waals surface area contributed by atoms with Crippen LogP contribution in [0.25, 0.3) is 0 Å². The van der Waals surface area contributed by atoms with Gasteiger partial charge in [-0.1, -0.05) is 46.2 Å². The molecule has 0 unspecified atom stereocenters. The van der Waals surface area contributed by atoms with Crippen molar-refractivity contribution >= 4 is 74.4 Å². The van der Waals surface area contributed by atoms with Crippen LogP contribution in [0.1, 0.15) is 110 Å². The molecule has 11 N–H and O–H groups in total. The lowest BCUT2D eigenvalue weighted by atomic mass is 9.84. The average molecular weight is 989 g/mol. The Balaban J connectivity index is 2.09. The number of ketones is 3. The van der Waals surface area contributed by atoms with E-state index >= 15 is 0 Å². The third-order valence-corrected chi connectivity index (χ3v) is 14.0. The van der Waals surface area contributed by atoms with Crippen LogP contribution in [0.5, 0.6) is 5.75 Å². The maximum absolute atomic E-state index is 14.5. The maximum Gasteiger partial charge on any atom is 0.245 e. The molecule has 8 amide bonds. The number of primary amides is 3. The van der Waals surface area contributed by atoms with Gasteiger partial charge in [0.05, 0.1) is 42.1 Å². The number of carbonyl (C=O) groups is 11. The zero-order valence-electron chi connectivity index (χ0n) is 39.7. The van der Waals surface area contributed by atoms with Crippen LogP contribution in [0.4, 0.5) is 0 Å². The van der Waals surface area contributed by atoms with Crippen LogP contribution in [0.3, 0.4) is 0 Å². The molecule has 1 aromatic rings. The lowest BCUT2D eigenvalue weighted by Crippen LogP contribution is -2.55. The molecule has 7 atom stereocenters. The van der Waals surface area contributed by atoms with Crippen LogP contribution in [-0.4, -0.2) is 131 Å². The summed E-state index contributed by atoms with van der Waals surface area (Å²) in [5.74, 6) is -14.2. The lowest BCUT2D eigenvalue weighted by Gasteiger charge is -2.30. The monoisotopic (exact) mass is 988 g/mol. The Morgan fingerprint density at radius 1 is 0.783 bits per heavy atom. The molecule has 2 fully saturated rings. The van der Waals surface area contributed by atoms with E-state index in [1.54, 1.807) is 27.7 Å². The standard InChI is InChI=1S/C46H68N8O14S/c1-5-26(4)31-23-37(58)34(20-27-6-10-30(55)11-7-27)50-41(62)17-19-69(67,68)18-16-33(52-44(64)28(22-40(49)61)21-36(57)32(51-45(31)65)12-14-38(47)59)46(66)54(29-8-9-29)24-42(63)53-43(25(2)3)35(56)13-15-39(48)60/h6-7,10-11,25-26,28-29,31-34,43,55H,5,8-9,12-24H2,1-4H3,(H2,47,59)(H2,48,60)(H2,49,61)(H,50,62)(H,51,65)(H,52,64)(H,53,63)/t26-,28-,31-,32-,33-,34-,43-/m0/s1. The molecule has 1 saturated heterocycles. The molecular weight excluding hydrogens is 921 g/mol. The minimum atomic E-state index is -4.24. The van der Waals surface area contributed by atoms with Crippen molar-refractivity contribution in [1.82, 2.24) is 26.2 Å². The van der Waals surface area contributed by atoms with E-state index in [0.29, 0.717) is 24.8 Å². The van der Waals surface area contributed by atoms with Gasteiger partial charge in [-0.15, -0.1) is 0 Å². The number of aromatic hydroxyl groups is 1. The van der Waals surface area contributed by atoms with Crippen LogP contribution in [0.2, 0.25) is 0 Å². The summed E-state index contributed by atoms with van der Waals surface area (Å²) >= 11 is 0. The third-order valence-electron chi connectivity index (χ3n) is 12.3. The Bertz CT molecular complexity index is 2200. The number of carbonyl (C=O) groups excluding carboxylic acids is 11. The molecular formula is C46H68N8O14S. The second-order valence-corrected chi connectivity index (χ2v) is 20.7. The van der Waals surface area contributed by atoms with Crippen LogP contribution >= 0.6 is 0 Å². The fourth-order valence-corrected chi connectivity index (χ4v) is 9.20. The molecule has 23 heteroatoms. The molecule has 3 rings (SSSR count). The van der Waals surface area contributed by atoms with Crippen molar-refractivity contribution in [2.45, 2.75) is 141 Å². The molecule has 0 aromatic heterocycles. The van der Waals surface area contributed by atoms with Crippen LogP contribution in [-0.2, 0) is 69.0 Å². The fourth-order valence-electron chi connectivity index (χ4n) is 7.90. The molecule has 1 aliphatic carbocycles. The molecule has 1 saturated carbocycles. The number of benzene rings is 1. The molecule has 382 valence electrons. The molecule has 2 aliphatic rings. The van der Waals surface area contributed by atoms with E-state index in [9.17, 15) is 66.3 Å². The zero-order chi connectivity index (χ0) is 51.7. The van der Waals surface area contributed by atoms with Gasteiger partial charge < -0.3 is 48.5 Å². The highest BCUT2D eigenvalue weighted by molar-refractivity contribution is 7.91. The van der Waals surface area contributed by atoms with Gasteiger partial charge in [0.2, 0.25) is 47.3 Å². The molecule has 69 heavy (non-hydrogen) atoms. The van der Waals surface area contributed by atoms with Crippen molar-refractivity contribution in [2.24, 2.45) is 40.9 Å². The summed E-state index contributed by atoms with van der Waals surface area (Å²) in [6, 6.07) is -0.329. The summed E-state index contributed by atoms with van der Waals surface area (Å²) in [6.45, 7) is 6.12. The van der Waals surface area contributed by atoms with Gasteiger partial charge in [-0.3, -0.25) is 52.7 Å². The first-order valence-electron chi connectivity index (χ1n) is 23.2. The highest BCUT2D eigenvalue weighted by Crippen LogP contribution is 2.28. The molecule has 22 nitrogen and oxygen atoms in total. The van der Waals surface area contributed by atoms with E-state index in [-0.39, 0.29) is 31.4 Å². The SMILES string of the molecule is CC[C@H](C)[C@@H]1CC(=O)[C@H](Cc2ccc(O)cc2)NC(=O)CCS(=O)(=O)CC[C@@H](C(=O)N(CC(=O)N[C@H](C(=O)CCC(N)=O)C(C)C)C2CC2)NC(=O)[C@H](CC(N)=O)CC(=O)[C@H](CCC(N)=O)NC1=O. The van der Waals surface area contributed by atoms with Gasteiger partial charge in [0.25, 0.3) is 0 Å². The first kappa shape index (κ1) is 57.1. The summed E-state index contributed by atoms with van der Waals surface area (Å²) in [5.41, 5.74) is 16.6. The van der Waals surface area contributed by atoms with E-state index < -0.39 is 185 Å². The van der Waals surface area contributed by atoms with Crippen molar-refractivity contribution in [3.8, 4) is 5.75 Å². The second kappa shape index (κ2) is 26.5. The van der Waals surface area contributed by atoms with Gasteiger partial charge in [-0.2, -0.15) is 0 Å². The summed E-state index contributed by atoms with van der Waals surface area (Å²) in [6.07, 6.45) is -3.42. The van der Waals surface area contributed by atoms with E-state index in [1.807, 2.05) is 0 Å². The first-order valence-corrected chi connectivity index (χ1v) is 25.0. The number of hydrogen-bond acceptors (Lipinski definition) is 14. The predicted octanol–water partition coefficient (Wildman–Crippen LogP) is -1.10. The number of amides is 8. The van der Waals surface area contributed by atoms with E-state index in [2.05, 4.69) is 21.3 Å². The number of sulfone groups is 1. The quantitative estimate of drug-likeness (QED) is 0.0816. The number of rotatable bonds is 19. The van der Waals surface area contributed by atoms with Crippen LogP contribution in [0.15, 0.2) is 24.3 Å². The largest absolute Gasteiger partial charge is 0.508 e. The predicted molar refractivity (Wildman–Crippen MR) is 248 cm³/mol. The first-order chi connectivity index (χ1) is 32.3. The Labute approximate surface area is 401 Å². The molecule has 1 aliphatic heterocycles. The maximum atomic E-state index is 14.5. The lowest BCUT2D eigenvalue weighted by molar-refractivity contribution is -0.142. The average Bonchev–Trinajstić information content (AvgIpc) is 4.12. The molecule has 0 spiro atoms. The summed E-state index contributed by atoms with van der Waals surface area (Å²) < 4.78 is 27.2. The number of Topliss-reactive ketones (excluding diaryl/α,β-unsaturated/α-hetero) is 3. The highest BCUT2D eigenvalue weighted by Gasteiger charge is 2.41.